The Labute approximate surface area is 91.1 Å². The number of hydrogen-bond donors (Lipinski definition) is 2. The number of rotatable bonds is 3. The van der Waals surface area contributed by atoms with E-state index in [-0.39, 0.29) is 6.61 Å². The summed E-state index contributed by atoms with van der Waals surface area (Å²) < 4.78 is 0. The lowest BCUT2D eigenvalue weighted by atomic mass is 10.1. The first-order valence-electron chi connectivity index (χ1n) is 5.20. The number of benzene rings is 1. The van der Waals surface area contributed by atoms with Crippen molar-refractivity contribution in [3.8, 4) is 11.8 Å². The van der Waals surface area contributed by atoms with E-state index in [0.717, 1.165) is 30.5 Å². The molecule has 0 spiro atoms. The fraction of sp³-hybridized carbons (Fsp3) is 0.385. The summed E-state index contributed by atoms with van der Waals surface area (Å²) >= 11 is 0. The van der Waals surface area contributed by atoms with Gasteiger partial charge in [0.05, 0.1) is 0 Å². The number of nitrogens with two attached hydrogens (primary N) is 1. The molecule has 0 heterocycles. The summed E-state index contributed by atoms with van der Waals surface area (Å²) in [7, 11) is 0. The lowest BCUT2D eigenvalue weighted by Crippen LogP contribution is -1.90. The summed E-state index contributed by atoms with van der Waals surface area (Å²) in [5.41, 5.74) is 8.59. The molecule has 0 bridgehead atoms. The Morgan fingerprint density at radius 3 is 2.87 bits per heavy atom. The van der Waals surface area contributed by atoms with Crippen LogP contribution in [-0.4, -0.2) is 11.7 Å². The lowest BCUT2D eigenvalue weighted by Gasteiger charge is -1.98. The van der Waals surface area contributed by atoms with Crippen LogP contribution in [0.1, 0.15) is 30.4 Å². The van der Waals surface area contributed by atoms with E-state index in [1.54, 1.807) is 0 Å². The van der Waals surface area contributed by atoms with Gasteiger partial charge in [0.1, 0.15) is 0 Å². The third-order valence-electron chi connectivity index (χ3n) is 2.14. The molecule has 0 aromatic heterocycles. The molecule has 3 N–H and O–H groups in total. The lowest BCUT2D eigenvalue weighted by molar-refractivity contribution is 0.285. The average molecular weight is 203 g/mol. The predicted octanol–water partition coefficient (Wildman–Crippen LogP) is 2.09. The van der Waals surface area contributed by atoms with Gasteiger partial charge in [-0.3, -0.25) is 0 Å². The molecule has 0 atom stereocenters. The second-order valence-electron chi connectivity index (χ2n) is 3.57. The van der Waals surface area contributed by atoms with Crippen molar-refractivity contribution in [2.24, 2.45) is 0 Å². The summed E-state index contributed by atoms with van der Waals surface area (Å²) in [5.74, 6) is 6.12. The molecule has 0 radical (unpaired) electrons. The summed E-state index contributed by atoms with van der Waals surface area (Å²) in [6.45, 7) is 2.27. The van der Waals surface area contributed by atoms with Crippen LogP contribution in [0.25, 0.3) is 0 Å². The van der Waals surface area contributed by atoms with Crippen LogP contribution >= 0.6 is 0 Å². The van der Waals surface area contributed by atoms with Gasteiger partial charge >= 0.3 is 0 Å². The van der Waals surface area contributed by atoms with E-state index >= 15 is 0 Å². The zero-order valence-corrected chi connectivity index (χ0v) is 9.09. The first-order valence-corrected chi connectivity index (χ1v) is 5.20. The van der Waals surface area contributed by atoms with Gasteiger partial charge in [-0.25, -0.2) is 0 Å². The van der Waals surface area contributed by atoms with Gasteiger partial charge < -0.3 is 10.8 Å². The standard InChI is InChI=1S/C13H17NO/c1-11-7-8-13(14)12(10-11)6-4-2-3-5-9-15/h7-8,10,15H,2-3,5,9,14H2,1H3. The van der Waals surface area contributed by atoms with E-state index in [1.165, 1.54) is 5.56 Å². The predicted molar refractivity (Wildman–Crippen MR) is 63.4 cm³/mol. The monoisotopic (exact) mass is 203 g/mol. The fourth-order valence-corrected chi connectivity index (χ4v) is 1.26. The van der Waals surface area contributed by atoms with Crippen molar-refractivity contribution in [1.29, 1.82) is 0 Å². The molecule has 1 aromatic carbocycles. The Kier molecular flexibility index (Phi) is 4.73. The smallest absolute Gasteiger partial charge is 0.0477 e. The number of hydrogen-bond acceptors (Lipinski definition) is 2. The molecule has 0 aliphatic rings. The van der Waals surface area contributed by atoms with E-state index in [1.807, 2.05) is 25.1 Å². The van der Waals surface area contributed by atoms with Crippen LogP contribution in [0.5, 0.6) is 0 Å². The fourth-order valence-electron chi connectivity index (χ4n) is 1.26. The van der Waals surface area contributed by atoms with Crippen LogP contribution in [-0.2, 0) is 0 Å². The van der Waals surface area contributed by atoms with E-state index in [9.17, 15) is 0 Å². The minimum Gasteiger partial charge on any atom is -0.398 e. The number of unbranched alkanes of at least 4 members (excludes halogenated alkanes) is 2. The minimum absolute atomic E-state index is 0.244. The highest BCUT2D eigenvalue weighted by molar-refractivity contribution is 5.56. The first kappa shape index (κ1) is 11.6. The van der Waals surface area contributed by atoms with E-state index in [4.69, 9.17) is 10.8 Å². The van der Waals surface area contributed by atoms with Gasteiger partial charge in [-0.15, -0.1) is 0 Å². The molecule has 2 heteroatoms. The molecule has 0 fully saturated rings. The SMILES string of the molecule is Cc1ccc(N)c(C#CCCCCO)c1. The highest BCUT2D eigenvalue weighted by Crippen LogP contribution is 2.12. The molecule has 2 nitrogen and oxygen atoms in total. The van der Waals surface area contributed by atoms with E-state index < -0.39 is 0 Å². The van der Waals surface area contributed by atoms with Crippen molar-refractivity contribution in [3.63, 3.8) is 0 Å². The first-order chi connectivity index (χ1) is 7.24. The van der Waals surface area contributed by atoms with Crippen LogP contribution in [0.15, 0.2) is 18.2 Å². The van der Waals surface area contributed by atoms with Crippen molar-refractivity contribution in [2.45, 2.75) is 26.2 Å². The minimum atomic E-state index is 0.244. The Morgan fingerprint density at radius 2 is 2.13 bits per heavy atom. The molecule has 0 aliphatic heterocycles. The quantitative estimate of drug-likeness (QED) is 0.449. The van der Waals surface area contributed by atoms with E-state index in [0.29, 0.717) is 0 Å². The van der Waals surface area contributed by atoms with Crippen LogP contribution in [0.3, 0.4) is 0 Å². The zero-order valence-electron chi connectivity index (χ0n) is 9.09. The highest BCUT2D eigenvalue weighted by atomic mass is 16.2. The maximum atomic E-state index is 8.59. The van der Waals surface area contributed by atoms with Crippen molar-refractivity contribution in [2.75, 3.05) is 12.3 Å². The summed E-state index contributed by atoms with van der Waals surface area (Å²) in [5, 5.41) is 8.59. The van der Waals surface area contributed by atoms with Gasteiger partial charge in [0.25, 0.3) is 0 Å². The van der Waals surface area contributed by atoms with Crippen molar-refractivity contribution >= 4 is 5.69 Å². The number of nitrogen functional groups attached to an aromatic ring is 1. The number of aliphatic hydroxyl groups is 1. The van der Waals surface area contributed by atoms with Crippen LogP contribution < -0.4 is 5.73 Å². The zero-order chi connectivity index (χ0) is 11.1. The van der Waals surface area contributed by atoms with Crippen molar-refractivity contribution in [1.82, 2.24) is 0 Å². The topological polar surface area (TPSA) is 46.2 Å². The Bertz CT molecular complexity index is 374. The third kappa shape index (κ3) is 4.05. The van der Waals surface area contributed by atoms with Crippen LogP contribution in [0.2, 0.25) is 0 Å². The molecular formula is C13H17NO. The number of anilines is 1. The molecule has 0 saturated carbocycles. The molecule has 80 valence electrons. The average Bonchev–Trinajstić information content (AvgIpc) is 2.23. The third-order valence-corrected chi connectivity index (χ3v) is 2.14. The Hall–Kier alpha value is -1.46. The largest absolute Gasteiger partial charge is 0.398 e. The second-order valence-corrected chi connectivity index (χ2v) is 3.57. The molecule has 0 saturated heterocycles. The molecule has 0 aliphatic carbocycles. The van der Waals surface area contributed by atoms with Gasteiger partial charge in [-0.1, -0.05) is 17.9 Å². The normalized spacial score (nSPS) is 9.47. The number of aliphatic hydroxyl groups excluding tert-OH is 1. The molecule has 1 aromatic rings. The highest BCUT2D eigenvalue weighted by Gasteiger charge is 1.94. The number of aryl methyl sites for hydroxylation is 1. The van der Waals surface area contributed by atoms with Gasteiger partial charge in [-0.2, -0.15) is 0 Å². The Balaban J connectivity index is 2.59. The summed E-state index contributed by atoms with van der Waals surface area (Å²) in [6, 6.07) is 5.85. The van der Waals surface area contributed by atoms with Gasteiger partial charge in [-0.05, 0) is 37.5 Å². The van der Waals surface area contributed by atoms with E-state index in [2.05, 4.69) is 11.8 Å². The maximum Gasteiger partial charge on any atom is 0.0477 e. The molecule has 0 unspecified atom stereocenters. The molecule has 1 rings (SSSR count). The molecular weight excluding hydrogens is 186 g/mol. The van der Waals surface area contributed by atoms with Crippen LogP contribution in [0.4, 0.5) is 5.69 Å². The van der Waals surface area contributed by atoms with Gasteiger partial charge in [0.2, 0.25) is 0 Å². The summed E-state index contributed by atoms with van der Waals surface area (Å²) in [4.78, 5) is 0. The van der Waals surface area contributed by atoms with Gasteiger partial charge in [0.15, 0.2) is 0 Å². The second kappa shape index (κ2) is 6.10. The van der Waals surface area contributed by atoms with Gasteiger partial charge in [0, 0.05) is 24.3 Å². The van der Waals surface area contributed by atoms with Crippen LogP contribution in [0, 0.1) is 18.8 Å². The summed E-state index contributed by atoms with van der Waals surface area (Å²) in [6.07, 6.45) is 2.57. The Morgan fingerprint density at radius 1 is 1.33 bits per heavy atom. The molecule has 15 heavy (non-hydrogen) atoms. The molecule has 0 amide bonds. The maximum absolute atomic E-state index is 8.59. The van der Waals surface area contributed by atoms with Crippen molar-refractivity contribution in [3.05, 3.63) is 29.3 Å². The van der Waals surface area contributed by atoms with Crippen molar-refractivity contribution < 1.29 is 5.11 Å².